The van der Waals surface area contributed by atoms with E-state index in [1.54, 1.807) is 6.20 Å². The van der Waals surface area contributed by atoms with Gasteiger partial charge in [-0.05, 0) is 0 Å². The third-order valence-electron chi connectivity index (χ3n) is 2.12. The minimum Gasteiger partial charge on any atom is -0.378 e. The Morgan fingerprint density at radius 2 is 2.71 bits per heavy atom. The largest absolute Gasteiger partial charge is 0.378 e. The Labute approximate surface area is 86.3 Å². The lowest BCUT2D eigenvalue weighted by Gasteiger charge is -2.22. The topological polar surface area (TPSA) is 51.2 Å². The molecule has 0 spiro atoms. The van der Waals surface area contributed by atoms with Gasteiger partial charge in [-0.2, -0.15) is 0 Å². The molecule has 76 valence electrons. The number of carbonyl (C=O) groups excluding carboxylic acids is 1. The molecule has 0 amide bonds. The Kier molecular flexibility index (Phi) is 3.23. The first-order valence-electron chi connectivity index (χ1n) is 4.58. The van der Waals surface area contributed by atoms with Crippen LogP contribution in [0.5, 0.6) is 0 Å². The van der Waals surface area contributed by atoms with Crippen LogP contribution < -0.4 is 5.32 Å². The molecule has 1 saturated heterocycles. The average molecular weight is 212 g/mol. The molecule has 1 aliphatic heterocycles. The van der Waals surface area contributed by atoms with E-state index in [2.05, 4.69) is 10.3 Å². The van der Waals surface area contributed by atoms with Crippen molar-refractivity contribution in [3.05, 3.63) is 16.6 Å². The lowest BCUT2D eigenvalue weighted by Crippen LogP contribution is -2.47. The van der Waals surface area contributed by atoms with E-state index in [0.29, 0.717) is 19.6 Å². The zero-order valence-corrected chi connectivity index (χ0v) is 8.55. The van der Waals surface area contributed by atoms with E-state index < -0.39 is 0 Å². The summed E-state index contributed by atoms with van der Waals surface area (Å²) in [6.07, 6.45) is 2.14. The second-order valence-electron chi connectivity index (χ2n) is 3.15. The quantitative estimate of drug-likeness (QED) is 0.780. The van der Waals surface area contributed by atoms with Gasteiger partial charge in [0.1, 0.15) is 0 Å². The van der Waals surface area contributed by atoms with Crippen LogP contribution in [-0.2, 0) is 16.0 Å². The summed E-state index contributed by atoms with van der Waals surface area (Å²) < 4.78 is 5.22. The van der Waals surface area contributed by atoms with Gasteiger partial charge >= 0.3 is 0 Å². The van der Waals surface area contributed by atoms with Gasteiger partial charge in [-0.3, -0.25) is 4.79 Å². The van der Waals surface area contributed by atoms with Gasteiger partial charge in [-0.15, -0.1) is 11.3 Å². The Hall–Kier alpha value is -0.780. The number of rotatable bonds is 3. The number of morpholine rings is 1. The highest BCUT2D eigenvalue weighted by Gasteiger charge is 2.21. The Balaban J connectivity index is 1.88. The van der Waals surface area contributed by atoms with Gasteiger partial charge in [-0.25, -0.2) is 4.98 Å². The zero-order chi connectivity index (χ0) is 9.80. The van der Waals surface area contributed by atoms with Crippen molar-refractivity contribution >= 4 is 17.1 Å². The molecule has 1 aliphatic rings. The van der Waals surface area contributed by atoms with Gasteiger partial charge in [0, 0.05) is 18.1 Å². The van der Waals surface area contributed by atoms with Crippen LogP contribution in [0, 0.1) is 0 Å². The Morgan fingerprint density at radius 3 is 3.36 bits per heavy atom. The van der Waals surface area contributed by atoms with E-state index in [0.717, 1.165) is 11.6 Å². The standard InChI is InChI=1S/C9H12N2O2S/c12-8(5-9-11-2-4-14-9)7-6-13-3-1-10-7/h2,4,7,10H,1,3,5-6H2. The van der Waals surface area contributed by atoms with Crippen molar-refractivity contribution in [2.45, 2.75) is 12.5 Å². The second-order valence-corrected chi connectivity index (χ2v) is 4.13. The number of nitrogens with one attached hydrogen (secondary N) is 1. The fourth-order valence-corrected chi connectivity index (χ4v) is 2.01. The number of Topliss-reactive ketones (excluding diaryl/α,β-unsaturated/α-hetero) is 1. The van der Waals surface area contributed by atoms with Crippen LogP contribution in [0.25, 0.3) is 0 Å². The number of carbonyl (C=O) groups is 1. The summed E-state index contributed by atoms with van der Waals surface area (Å²) in [6.45, 7) is 1.94. The van der Waals surface area contributed by atoms with Crippen molar-refractivity contribution in [1.29, 1.82) is 0 Å². The fourth-order valence-electron chi connectivity index (χ4n) is 1.38. The molecule has 1 fully saturated rings. The maximum absolute atomic E-state index is 11.7. The van der Waals surface area contributed by atoms with Crippen LogP contribution in [-0.4, -0.2) is 36.6 Å². The number of ketones is 1. The number of ether oxygens (including phenoxy) is 1. The smallest absolute Gasteiger partial charge is 0.158 e. The lowest BCUT2D eigenvalue weighted by molar-refractivity contribution is -0.123. The number of nitrogens with zero attached hydrogens (tertiary/aromatic N) is 1. The molecule has 0 radical (unpaired) electrons. The monoisotopic (exact) mass is 212 g/mol. The highest BCUT2D eigenvalue weighted by atomic mass is 32.1. The van der Waals surface area contributed by atoms with Crippen LogP contribution >= 0.6 is 11.3 Å². The summed E-state index contributed by atoms with van der Waals surface area (Å²) in [5, 5.41) is 5.89. The minimum atomic E-state index is -0.146. The number of hydrogen-bond acceptors (Lipinski definition) is 5. The van der Waals surface area contributed by atoms with Crippen LogP contribution in [0.2, 0.25) is 0 Å². The van der Waals surface area contributed by atoms with E-state index in [9.17, 15) is 4.79 Å². The summed E-state index contributed by atoms with van der Waals surface area (Å²) in [5.74, 6) is 0.166. The van der Waals surface area contributed by atoms with Crippen molar-refractivity contribution in [1.82, 2.24) is 10.3 Å². The highest BCUT2D eigenvalue weighted by molar-refractivity contribution is 7.09. The summed E-state index contributed by atoms with van der Waals surface area (Å²) in [4.78, 5) is 15.8. The molecule has 1 aromatic heterocycles. The third kappa shape index (κ3) is 2.37. The van der Waals surface area contributed by atoms with Crippen LogP contribution in [0.1, 0.15) is 5.01 Å². The molecule has 14 heavy (non-hydrogen) atoms. The van der Waals surface area contributed by atoms with Crippen molar-refractivity contribution in [3.63, 3.8) is 0 Å². The molecular weight excluding hydrogens is 200 g/mol. The molecule has 1 unspecified atom stereocenters. The summed E-state index contributed by atoms with van der Waals surface area (Å²) >= 11 is 1.51. The summed E-state index contributed by atoms with van der Waals surface area (Å²) in [6, 6.07) is -0.146. The van der Waals surface area contributed by atoms with Crippen molar-refractivity contribution in [2.24, 2.45) is 0 Å². The number of thiazole rings is 1. The first-order valence-corrected chi connectivity index (χ1v) is 5.46. The molecule has 2 rings (SSSR count). The number of aromatic nitrogens is 1. The Bertz CT molecular complexity index is 294. The molecule has 0 aliphatic carbocycles. The van der Waals surface area contributed by atoms with Crippen LogP contribution in [0.4, 0.5) is 0 Å². The maximum Gasteiger partial charge on any atom is 0.158 e. The molecule has 0 bridgehead atoms. The van der Waals surface area contributed by atoms with Crippen molar-refractivity contribution < 1.29 is 9.53 Å². The first-order chi connectivity index (χ1) is 6.86. The normalized spacial score (nSPS) is 22.1. The molecule has 1 N–H and O–H groups in total. The van der Waals surface area contributed by atoms with E-state index in [1.165, 1.54) is 11.3 Å². The molecular formula is C9H12N2O2S. The van der Waals surface area contributed by atoms with E-state index >= 15 is 0 Å². The first kappa shape index (κ1) is 9.76. The minimum absolute atomic E-state index is 0.146. The Morgan fingerprint density at radius 1 is 1.79 bits per heavy atom. The van der Waals surface area contributed by atoms with E-state index in [-0.39, 0.29) is 11.8 Å². The van der Waals surface area contributed by atoms with Crippen LogP contribution in [0.15, 0.2) is 11.6 Å². The molecule has 0 aromatic carbocycles. The summed E-state index contributed by atoms with van der Waals surface area (Å²) in [7, 11) is 0. The zero-order valence-electron chi connectivity index (χ0n) is 7.73. The number of hydrogen-bond donors (Lipinski definition) is 1. The molecule has 4 nitrogen and oxygen atoms in total. The molecule has 1 atom stereocenters. The molecule has 2 heterocycles. The van der Waals surface area contributed by atoms with Gasteiger partial charge < -0.3 is 10.1 Å². The average Bonchev–Trinajstić information content (AvgIpc) is 2.72. The van der Waals surface area contributed by atoms with Gasteiger partial charge in [0.25, 0.3) is 0 Å². The predicted molar refractivity (Wildman–Crippen MR) is 53.4 cm³/mol. The van der Waals surface area contributed by atoms with Crippen molar-refractivity contribution in [3.8, 4) is 0 Å². The van der Waals surface area contributed by atoms with E-state index in [4.69, 9.17) is 4.74 Å². The predicted octanol–water partition coefficient (Wildman–Crippen LogP) is 0.243. The van der Waals surface area contributed by atoms with Gasteiger partial charge in [0.15, 0.2) is 5.78 Å². The van der Waals surface area contributed by atoms with Crippen molar-refractivity contribution in [2.75, 3.05) is 19.8 Å². The highest BCUT2D eigenvalue weighted by Crippen LogP contribution is 2.07. The van der Waals surface area contributed by atoms with Gasteiger partial charge in [0.2, 0.25) is 0 Å². The second kappa shape index (κ2) is 4.63. The molecule has 1 aromatic rings. The van der Waals surface area contributed by atoms with Gasteiger partial charge in [0.05, 0.1) is 30.7 Å². The lowest BCUT2D eigenvalue weighted by atomic mass is 10.1. The SMILES string of the molecule is O=C(Cc1nccs1)C1COCCN1. The van der Waals surface area contributed by atoms with Gasteiger partial charge in [-0.1, -0.05) is 0 Å². The summed E-state index contributed by atoms with van der Waals surface area (Å²) in [5.41, 5.74) is 0. The van der Waals surface area contributed by atoms with E-state index in [1.807, 2.05) is 5.38 Å². The molecule has 5 heteroatoms. The third-order valence-corrected chi connectivity index (χ3v) is 2.90. The maximum atomic E-state index is 11.7. The molecule has 0 saturated carbocycles. The van der Waals surface area contributed by atoms with Crippen LogP contribution in [0.3, 0.4) is 0 Å². The fraction of sp³-hybridized carbons (Fsp3) is 0.556.